The number of nitrogens with zero attached hydrogens (tertiary/aromatic N) is 4. The van der Waals surface area contributed by atoms with Crippen molar-refractivity contribution in [3.8, 4) is 0 Å². The molecule has 3 rings (SSSR count). The van der Waals surface area contributed by atoms with Gasteiger partial charge >= 0.3 is 0 Å². The van der Waals surface area contributed by atoms with E-state index in [0.717, 1.165) is 62.8 Å². The van der Waals surface area contributed by atoms with Crippen molar-refractivity contribution in [2.75, 3.05) is 39.8 Å². The molecule has 2 aliphatic rings. The molecule has 0 spiro atoms. The summed E-state index contributed by atoms with van der Waals surface area (Å²) in [6, 6.07) is 1.94. The molecular formula is C18H31N5O. The molecule has 0 bridgehead atoms. The summed E-state index contributed by atoms with van der Waals surface area (Å²) < 4.78 is 4.91. The standard InChI is InChI=1S/C18H31N5O/c1-15-3-5-16(6-4-15)13-20-18(19-2)23-10-8-22(9-11-23)14-17-7-12-24-21-17/h7,12,15-16H,3-6,8-11,13-14H2,1-2H3,(H,19,20). The molecule has 1 N–H and O–H groups in total. The van der Waals surface area contributed by atoms with Crippen LogP contribution in [0.15, 0.2) is 21.8 Å². The molecule has 1 aliphatic heterocycles. The van der Waals surface area contributed by atoms with Crippen molar-refractivity contribution in [1.82, 2.24) is 20.3 Å². The van der Waals surface area contributed by atoms with Crippen molar-refractivity contribution >= 4 is 5.96 Å². The molecule has 1 aliphatic carbocycles. The molecule has 0 unspecified atom stereocenters. The van der Waals surface area contributed by atoms with Crippen molar-refractivity contribution in [3.05, 3.63) is 18.0 Å². The summed E-state index contributed by atoms with van der Waals surface area (Å²) in [5.74, 6) is 2.79. The first-order chi connectivity index (χ1) is 11.7. The van der Waals surface area contributed by atoms with E-state index in [1.54, 1.807) is 6.26 Å². The normalized spacial score (nSPS) is 26.6. The van der Waals surface area contributed by atoms with E-state index in [1.165, 1.54) is 25.7 Å². The fourth-order valence-electron chi connectivity index (χ4n) is 3.77. The first-order valence-corrected chi connectivity index (χ1v) is 9.32. The Bertz CT molecular complexity index is 499. The van der Waals surface area contributed by atoms with Gasteiger partial charge < -0.3 is 14.7 Å². The number of guanidine groups is 1. The number of hydrogen-bond donors (Lipinski definition) is 1. The highest BCUT2D eigenvalue weighted by Crippen LogP contribution is 2.27. The molecule has 24 heavy (non-hydrogen) atoms. The van der Waals surface area contributed by atoms with Gasteiger partial charge in [-0.2, -0.15) is 0 Å². The first kappa shape index (κ1) is 17.3. The second-order valence-electron chi connectivity index (χ2n) is 7.31. The van der Waals surface area contributed by atoms with Crippen LogP contribution in [0.5, 0.6) is 0 Å². The molecule has 1 aromatic rings. The third-order valence-electron chi connectivity index (χ3n) is 5.44. The van der Waals surface area contributed by atoms with E-state index >= 15 is 0 Å². The van der Waals surface area contributed by atoms with E-state index in [9.17, 15) is 0 Å². The second kappa shape index (κ2) is 8.51. The smallest absolute Gasteiger partial charge is 0.193 e. The highest BCUT2D eigenvalue weighted by atomic mass is 16.5. The van der Waals surface area contributed by atoms with Crippen LogP contribution in [0.4, 0.5) is 0 Å². The van der Waals surface area contributed by atoms with Crippen molar-refractivity contribution < 1.29 is 4.52 Å². The van der Waals surface area contributed by atoms with Crippen molar-refractivity contribution in [2.45, 2.75) is 39.2 Å². The topological polar surface area (TPSA) is 56.9 Å². The maximum absolute atomic E-state index is 4.91. The third-order valence-corrected chi connectivity index (χ3v) is 5.44. The van der Waals surface area contributed by atoms with Gasteiger partial charge in [-0.15, -0.1) is 0 Å². The van der Waals surface area contributed by atoms with Gasteiger partial charge in [-0.25, -0.2) is 0 Å². The molecule has 0 atom stereocenters. The van der Waals surface area contributed by atoms with Gasteiger partial charge in [0.2, 0.25) is 0 Å². The highest BCUT2D eigenvalue weighted by molar-refractivity contribution is 5.80. The number of hydrogen-bond acceptors (Lipinski definition) is 4. The Labute approximate surface area is 145 Å². The van der Waals surface area contributed by atoms with Gasteiger partial charge in [0.05, 0.1) is 5.69 Å². The maximum Gasteiger partial charge on any atom is 0.193 e. The number of aliphatic imine (C=N–C) groups is 1. The Hall–Kier alpha value is -1.56. The lowest BCUT2D eigenvalue weighted by Crippen LogP contribution is -2.52. The van der Waals surface area contributed by atoms with Crippen LogP contribution < -0.4 is 5.32 Å². The quantitative estimate of drug-likeness (QED) is 0.676. The molecule has 1 saturated carbocycles. The van der Waals surface area contributed by atoms with Crippen molar-refractivity contribution in [3.63, 3.8) is 0 Å². The monoisotopic (exact) mass is 333 g/mol. The Balaban J connectivity index is 1.40. The van der Waals surface area contributed by atoms with Crippen LogP contribution in [-0.4, -0.2) is 60.7 Å². The molecule has 0 radical (unpaired) electrons. The fraction of sp³-hybridized carbons (Fsp3) is 0.778. The van der Waals surface area contributed by atoms with E-state index < -0.39 is 0 Å². The number of nitrogens with one attached hydrogen (secondary N) is 1. The molecule has 1 saturated heterocycles. The molecule has 2 heterocycles. The predicted octanol–water partition coefficient (Wildman–Crippen LogP) is 2.19. The van der Waals surface area contributed by atoms with Gasteiger partial charge in [0.1, 0.15) is 6.26 Å². The molecule has 0 aromatic carbocycles. The minimum atomic E-state index is 0.811. The minimum Gasteiger partial charge on any atom is -0.364 e. The summed E-state index contributed by atoms with van der Waals surface area (Å²) in [5, 5.41) is 7.61. The molecule has 6 nitrogen and oxygen atoms in total. The zero-order valence-corrected chi connectivity index (χ0v) is 15.1. The Kier molecular flexibility index (Phi) is 6.12. The molecular weight excluding hydrogens is 302 g/mol. The minimum absolute atomic E-state index is 0.811. The lowest BCUT2D eigenvalue weighted by atomic mass is 9.83. The first-order valence-electron chi connectivity index (χ1n) is 9.32. The predicted molar refractivity (Wildman–Crippen MR) is 95.8 cm³/mol. The summed E-state index contributed by atoms with van der Waals surface area (Å²) in [6.45, 7) is 8.41. The summed E-state index contributed by atoms with van der Waals surface area (Å²) in [7, 11) is 1.90. The van der Waals surface area contributed by atoms with Crippen molar-refractivity contribution in [2.24, 2.45) is 16.8 Å². The lowest BCUT2D eigenvalue weighted by molar-refractivity contribution is 0.168. The third kappa shape index (κ3) is 4.72. The van der Waals surface area contributed by atoms with E-state index in [0.29, 0.717) is 0 Å². The molecule has 134 valence electrons. The number of rotatable bonds is 4. The maximum atomic E-state index is 4.91. The summed E-state index contributed by atoms with van der Waals surface area (Å²) in [4.78, 5) is 9.30. The van der Waals surface area contributed by atoms with E-state index in [4.69, 9.17) is 4.52 Å². The van der Waals surface area contributed by atoms with Crippen LogP contribution in [-0.2, 0) is 6.54 Å². The average Bonchev–Trinajstić information content (AvgIpc) is 3.11. The molecule has 2 fully saturated rings. The van der Waals surface area contributed by atoms with Gasteiger partial charge in [-0.05, 0) is 24.7 Å². The molecule has 6 heteroatoms. The Morgan fingerprint density at radius 3 is 2.62 bits per heavy atom. The van der Waals surface area contributed by atoms with Crippen LogP contribution in [0.25, 0.3) is 0 Å². The zero-order chi connectivity index (χ0) is 16.8. The average molecular weight is 333 g/mol. The van der Waals surface area contributed by atoms with Crippen LogP contribution >= 0.6 is 0 Å². The SMILES string of the molecule is CN=C(NCC1CCC(C)CC1)N1CCN(Cc2ccon2)CC1. The number of aromatic nitrogens is 1. The fourth-order valence-corrected chi connectivity index (χ4v) is 3.77. The summed E-state index contributed by atoms with van der Waals surface area (Å²) >= 11 is 0. The van der Waals surface area contributed by atoms with Crippen LogP contribution in [0.1, 0.15) is 38.3 Å². The molecule has 0 amide bonds. The van der Waals surface area contributed by atoms with Gasteiger partial charge in [0.15, 0.2) is 5.96 Å². The molecule has 1 aromatic heterocycles. The number of piperazine rings is 1. The Morgan fingerprint density at radius 1 is 1.25 bits per heavy atom. The van der Waals surface area contributed by atoms with E-state index in [2.05, 4.69) is 32.2 Å². The zero-order valence-electron chi connectivity index (χ0n) is 15.1. The Morgan fingerprint density at radius 2 is 2.00 bits per heavy atom. The van der Waals surface area contributed by atoms with Crippen LogP contribution in [0.3, 0.4) is 0 Å². The van der Waals surface area contributed by atoms with E-state index in [-0.39, 0.29) is 0 Å². The van der Waals surface area contributed by atoms with Gasteiger partial charge in [-0.3, -0.25) is 9.89 Å². The summed E-state index contributed by atoms with van der Waals surface area (Å²) in [5.41, 5.74) is 1.01. The largest absolute Gasteiger partial charge is 0.364 e. The van der Waals surface area contributed by atoms with Crippen LogP contribution in [0, 0.1) is 11.8 Å². The van der Waals surface area contributed by atoms with Gasteiger partial charge in [0.25, 0.3) is 0 Å². The van der Waals surface area contributed by atoms with Crippen molar-refractivity contribution in [1.29, 1.82) is 0 Å². The second-order valence-corrected chi connectivity index (χ2v) is 7.31. The summed E-state index contributed by atoms with van der Waals surface area (Å²) in [6.07, 6.45) is 7.12. The van der Waals surface area contributed by atoms with E-state index in [1.807, 2.05) is 13.1 Å². The lowest BCUT2D eigenvalue weighted by Gasteiger charge is -2.36. The van der Waals surface area contributed by atoms with Gasteiger partial charge in [0, 0.05) is 52.4 Å². The van der Waals surface area contributed by atoms with Gasteiger partial charge in [-0.1, -0.05) is 24.9 Å². The highest BCUT2D eigenvalue weighted by Gasteiger charge is 2.22. The van der Waals surface area contributed by atoms with Crippen LogP contribution in [0.2, 0.25) is 0 Å².